The normalized spacial score (nSPS) is 20.0. The Morgan fingerprint density at radius 1 is 1.21 bits per heavy atom. The van der Waals surface area contributed by atoms with Gasteiger partial charge in [0.1, 0.15) is 5.01 Å². The topological polar surface area (TPSA) is 62.3 Å². The van der Waals surface area contributed by atoms with Crippen LogP contribution in [-0.2, 0) is 9.59 Å². The fourth-order valence-electron chi connectivity index (χ4n) is 3.23. The summed E-state index contributed by atoms with van der Waals surface area (Å²) in [5.74, 6) is 0.709. The van der Waals surface area contributed by atoms with E-state index in [9.17, 15) is 9.59 Å². The number of rotatable bonds is 5. The lowest BCUT2D eigenvalue weighted by atomic mass is 9.95. The summed E-state index contributed by atoms with van der Waals surface area (Å²) in [6.07, 6.45) is 4.48. The minimum atomic E-state index is 0.000950. The van der Waals surface area contributed by atoms with E-state index in [0.29, 0.717) is 5.91 Å². The summed E-state index contributed by atoms with van der Waals surface area (Å²) in [6, 6.07) is 0.000950. The van der Waals surface area contributed by atoms with E-state index in [4.69, 9.17) is 0 Å². The fraction of sp³-hybridized carbons (Fsp3) is 0.722. The van der Waals surface area contributed by atoms with E-state index in [-0.39, 0.29) is 23.8 Å². The van der Waals surface area contributed by atoms with E-state index in [1.165, 1.54) is 4.88 Å². The van der Waals surface area contributed by atoms with Gasteiger partial charge in [-0.3, -0.25) is 9.59 Å². The van der Waals surface area contributed by atoms with Gasteiger partial charge in [0.25, 0.3) is 0 Å². The fourth-order valence-corrected chi connectivity index (χ4v) is 4.28. The number of nitrogens with zero attached hydrogens (tertiary/aromatic N) is 2. The average molecular weight is 350 g/mol. The molecule has 2 fully saturated rings. The first-order chi connectivity index (χ1) is 11.5. The summed E-state index contributed by atoms with van der Waals surface area (Å²) < 4.78 is 0. The van der Waals surface area contributed by atoms with Crippen molar-refractivity contribution >= 4 is 23.2 Å². The number of likely N-dealkylation sites (tertiary alicyclic amines) is 1. The van der Waals surface area contributed by atoms with Crippen molar-refractivity contribution in [3.8, 4) is 0 Å². The van der Waals surface area contributed by atoms with Crippen LogP contribution in [0, 0.1) is 25.7 Å². The van der Waals surface area contributed by atoms with Crippen LogP contribution in [0.1, 0.15) is 60.6 Å². The van der Waals surface area contributed by atoms with Gasteiger partial charge < -0.3 is 10.2 Å². The van der Waals surface area contributed by atoms with E-state index < -0.39 is 0 Å². The van der Waals surface area contributed by atoms with Crippen molar-refractivity contribution in [3.05, 3.63) is 15.6 Å². The van der Waals surface area contributed by atoms with Crippen molar-refractivity contribution in [1.29, 1.82) is 0 Å². The molecule has 24 heavy (non-hydrogen) atoms. The zero-order valence-electron chi connectivity index (χ0n) is 14.8. The number of aromatic nitrogens is 1. The maximum atomic E-state index is 12.6. The minimum absolute atomic E-state index is 0.000950. The smallest absolute Gasteiger partial charge is 0.225 e. The Bertz CT molecular complexity index is 596. The molecule has 0 bridgehead atoms. The minimum Gasteiger partial charge on any atom is -0.347 e. The van der Waals surface area contributed by atoms with Crippen LogP contribution in [0.4, 0.5) is 0 Å². The Kier molecular flexibility index (Phi) is 5.23. The number of amides is 2. The predicted octanol–water partition coefficient (Wildman–Crippen LogP) is 2.98. The van der Waals surface area contributed by atoms with Crippen molar-refractivity contribution in [1.82, 2.24) is 15.2 Å². The second-order valence-corrected chi connectivity index (χ2v) is 8.27. The Hall–Kier alpha value is -1.43. The lowest BCUT2D eigenvalue weighted by Crippen LogP contribution is -2.44. The molecule has 0 aromatic carbocycles. The number of carbonyl (C=O) groups excluding carboxylic acids is 2. The van der Waals surface area contributed by atoms with Crippen LogP contribution >= 0.6 is 11.3 Å². The SMILES string of the molecule is CC[C@H](NC(=O)C1CCN(C(=O)C2CC2)CC1)c1nc(C)c(C)s1. The Morgan fingerprint density at radius 3 is 2.38 bits per heavy atom. The molecule has 1 aliphatic heterocycles. The van der Waals surface area contributed by atoms with Crippen LogP contribution in [-0.4, -0.2) is 34.8 Å². The van der Waals surface area contributed by atoms with Crippen LogP contribution < -0.4 is 5.32 Å². The number of aryl methyl sites for hydroxylation is 2. The number of piperidine rings is 1. The van der Waals surface area contributed by atoms with Crippen LogP contribution in [0.5, 0.6) is 0 Å². The van der Waals surface area contributed by atoms with Crippen molar-refractivity contribution < 1.29 is 9.59 Å². The first-order valence-corrected chi connectivity index (χ1v) is 9.84. The summed E-state index contributed by atoms with van der Waals surface area (Å²) in [5.41, 5.74) is 1.05. The van der Waals surface area contributed by atoms with Gasteiger partial charge in [-0.15, -0.1) is 11.3 Å². The number of nitrogens with one attached hydrogen (secondary N) is 1. The maximum absolute atomic E-state index is 12.6. The quantitative estimate of drug-likeness (QED) is 0.889. The first kappa shape index (κ1) is 17.4. The largest absolute Gasteiger partial charge is 0.347 e. The third-order valence-corrected chi connectivity index (χ3v) is 6.36. The highest BCUT2D eigenvalue weighted by atomic mass is 32.1. The van der Waals surface area contributed by atoms with Gasteiger partial charge in [-0.05, 0) is 46.0 Å². The zero-order valence-corrected chi connectivity index (χ0v) is 15.6. The Labute approximate surface area is 147 Å². The van der Waals surface area contributed by atoms with Gasteiger partial charge in [-0.25, -0.2) is 4.98 Å². The van der Waals surface area contributed by atoms with Crippen molar-refractivity contribution in [2.45, 2.75) is 58.9 Å². The zero-order chi connectivity index (χ0) is 17.3. The molecule has 1 aromatic rings. The van der Waals surface area contributed by atoms with E-state index in [1.807, 2.05) is 11.8 Å². The van der Waals surface area contributed by atoms with Crippen molar-refractivity contribution in [2.75, 3.05) is 13.1 Å². The Morgan fingerprint density at radius 2 is 1.88 bits per heavy atom. The molecule has 3 rings (SSSR count). The monoisotopic (exact) mass is 349 g/mol. The van der Waals surface area contributed by atoms with Gasteiger partial charge in [-0.2, -0.15) is 0 Å². The molecule has 2 aliphatic rings. The number of hydrogen-bond acceptors (Lipinski definition) is 4. The molecule has 0 radical (unpaired) electrons. The molecule has 1 aliphatic carbocycles. The van der Waals surface area contributed by atoms with E-state index in [1.54, 1.807) is 11.3 Å². The summed E-state index contributed by atoms with van der Waals surface area (Å²) in [4.78, 5) is 32.5. The predicted molar refractivity (Wildman–Crippen MR) is 94.8 cm³/mol. The van der Waals surface area contributed by atoms with E-state index in [2.05, 4.69) is 24.1 Å². The highest BCUT2D eigenvalue weighted by Gasteiger charge is 2.36. The van der Waals surface area contributed by atoms with Crippen LogP contribution in [0.2, 0.25) is 0 Å². The molecule has 0 unspecified atom stereocenters. The second-order valence-electron chi connectivity index (χ2n) is 7.04. The summed E-state index contributed by atoms with van der Waals surface area (Å²) >= 11 is 1.67. The first-order valence-electron chi connectivity index (χ1n) is 9.02. The third kappa shape index (κ3) is 3.79. The lowest BCUT2D eigenvalue weighted by molar-refractivity contribution is -0.136. The second kappa shape index (κ2) is 7.21. The lowest BCUT2D eigenvalue weighted by Gasteiger charge is -2.32. The van der Waals surface area contributed by atoms with Crippen molar-refractivity contribution in [3.63, 3.8) is 0 Å². The van der Waals surface area contributed by atoms with Gasteiger partial charge in [-0.1, -0.05) is 6.92 Å². The Balaban J connectivity index is 1.53. The molecular weight excluding hydrogens is 322 g/mol. The maximum Gasteiger partial charge on any atom is 0.225 e. The summed E-state index contributed by atoms with van der Waals surface area (Å²) in [6.45, 7) is 7.60. The van der Waals surface area contributed by atoms with Gasteiger partial charge in [0.05, 0.1) is 11.7 Å². The van der Waals surface area contributed by atoms with Gasteiger partial charge >= 0.3 is 0 Å². The molecule has 132 valence electrons. The molecule has 1 atom stereocenters. The van der Waals surface area contributed by atoms with Crippen LogP contribution in [0.15, 0.2) is 0 Å². The number of thiazole rings is 1. The van der Waals surface area contributed by atoms with Crippen LogP contribution in [0.25, 0.3) is 0 Å². The molecule has 6 heteroatoms. The summed E-state index contributed by atoms with van der Waals surface area (Å²) in [5, 5.41) is 4.18. The third-order valence-electron chi connectivity index (χ3n) is 5.17. The molecule has 1 aromatic heterocycles. The number of carbonyl (C=O) groups is 2. The highest BCUT2D eigenvalue weighted by molar-refractivity contribution is 7.11. The summed E-state index contributed by atoms with van der Waals surface area (Å²) in [7, 11) is 0. The molecule has 2 amide bonds. The van der Waals surface area contributed by atoms with Crippen molar-refractivity contribution in [2.24, 2.45) is 11.8 Å². The molecule has 2 heterocycles. The number of hydrogen-bond donors (Lipinski definition) is 1. The van der Waals surface area contributed by atoms with Gasteiger partial charge in [0, 0.05) is 29.8 Å². The molecule has 1 saturated heterocycles. The average Bonchev–Trinajstić information content (AvgIpc) is 3.38. The molecule has 1 N–H and O–H groups in total. The van der Waals surface area contributed by atoms with Gasteiger partial charge in [0.2, 0.25) is 11.8 Å². The standard InChI is InChI=1S/C18H27N3O2S/c1-4-15(17-19-11(2)12(3)24-17)20-16(22)13-7-9-21(10-8-13)18(23)14-5-6-14/h13-15H,4-10H2,1-3H3,(H,20,22)/t15-/m0/s1. The molecule has 1 saturated carbocycles. The van der Waals surface area contributed by atoms with Gasteiger partial charge in [0.15, 0.2) is 0 Å². The highest BCUT2D eigenvalue weighted by Crippen LogP contribution is 2.32. The molecule has 5 nitrogen and oxygen atoms in total. The molecule has 0 spiro atoms. The van der Waals surface area contributed by atoms with Crippen LogP contribution in [0.3, 0.4) is 0 Å². The molecular formula is C18H27N3O2S. The van der Waals surface area contributed by atoms with E-state index >= 15 is 0 Å². The van der Waals surface area contributed by atoms with E-state index in [0.717, 1.165) is 55.9 Å².